The van der Waals surface area contributed by atoms with Gasteiger partial charge in [0.2, 0.25) is 0 Å². The van der Waals surface area contributed by atoms with Crippen LogP contribution in [0.15, 0.2) is 24.3 Å². The standard InChI is InChI=1S/C17H27NO/c1-12-9-10-16(13(2)11-12)18-14(3)15-7-5-6-8-17(15)19-4/h5-8,12-14,16,18H,9-11H2,1-4H3/t12?,13?,14-,16?/m1/s1. The van der Waals surface area contributed by atoms with Crippen molar-refractivity contribution in [2.24, 2.45) is 11.8 Å². The third kappa shape index (κ3) is 3.50. The molecule has 0 saturated heterocycles. The molecule has 2 rings (SSSR count). The molecule has 2 nitrogen and oxygen atoms in total. The zero-order chi connectivity index (χ0) is 13.8. The molecule has 0 bridgehead atoms. The molecule has 1 aromatic rings. The van der Waals surface area contributed by atoms with E-state index in [0.717, 1.165) is 17.6 Å². The fourth-order valence-electron chi connectivity index (χ4n) is 3.35. The summed E-state index contributed by atoms with van der Waals surface area (Å²) in [6.07, 6.45) is 3.98. The van der Waals surface area contributed by atoms with Gasteiger partial charge in [-0.2, -0.15) is 0 Å². The van der Waals surface area contributed by atoms with Gasteiger partial charge in [0.1, 0.15) is 5.75 Å². The van der Waals surface area contributed by atoms with Crippen LogP contribution in [0.3, 0.4) is 0 Å². The van der Waals surface area contributed by atoms with Crippen molar-refractivity contribution in [3.05, 3.63) is 29.8 Å². The molecular formula is C17H27NO. The molecule has 1 aliphatic carbocycles. The largest absolute Gasteiger partial charge is 0.496 e. The van der Waals surface area contributed by atoms with Crippen molar-refractivity contribution in [2.45, 2.75) is 52.1 Å². The Balaban J connectivity index is 2.02. The second-order valence-electron chi connectivity index (χ2n) is 6.13. The Morgan fingerprint density at radius 2 is 1.95 bits per heavy atom. The van der Waals surface area contributed by atoms with Crippen LogP contribution in [0.5, 0.6) is 5.75 Å². The molecule has 1 fully saturated rings. The summed E-state index contributed by atoms with van der Waals surface area (Å²) in [5.74, 6) is 2.63. The van der Waals surface area contributed by atoms with Gasteiger partial charge in [0.15, 0.2) is 0 Å². The summed E-state index contributed by atoms with van der Waals surface area (Å²) in [7, 11) is 1.75. The summed E-state index contributed by atoms with van der Waals surface area (Å²) in [5.41, 5.74) is 1.26. The van der Waals surface area contributed by atoms with E-state index >= 15 is 0 Å². The quantitative estimate of drug-likeness (QED) is 0.878. The van der Waals surface area contributed by atoms with Crippen molar-refractivity contribution in [2.75, 3.05) is 7.11 Å². The lowest BCUT2D eigenvalue weighted by Crippen LogP contribution is -2.40. The predicted molar refractivity (Wildman–Crippen MR) is 80.5 cm³/mol. The van der Waals surface area contributed by atoms with E-state index in [-0.39, 0.29) is 0 Å². The zero-order valence-corrected chi connectivity index (χ0v) is 12.6. The van der Waals surface area contributed by atoms with Gasteiger partial charge < -0.3 is 10.1 Å². The minimum absolute atomic E-state index is 0.344. The summed E-state index contributed by atoms with van der Waals surface area (Å²) in [6.45, 7) is 6.99. The summed E-state index contributed by atoms with van der Waals surface area (Å²) >= 11 is 0. The van der Waals surface area contributed by atoms with Crippen molar-refractivity contribution < 1.29 is 4.74 Å². The molecule has 1 aromatic carbocycles. The monoisotopic (exact) mass is 261 g/mol. The maximum Gasteiger partial charge on any atom is 0.123 e. The van der Waals surface area contributed by atoms with Gasteiger partial charge >= 0.3 is 0 Å². The van der Waals surface area contributed by atoms with Crippen LogP contribution in [0, 0.1) is 11.8 Å². The SMILES string of the molecule is COc1ccccc1[C@@H](C)NC1CCC(C)CC1C. The van der Waals surface area contributed by atoms with Gasteiger partial charge in [-0.15, -0.1) is 0 Å². The maximum absolute atomic E-state index is 5.46. The summed E-state index contributed by atoms with van der Waals surface area (Å²) in [5, 5.41) is 3.80. The first kappa shape index (κ1) is 14.4. The first-order valence-electron chi connectivity index (χ1n) is 7.50. The molecule has 0 amide bonds. The number of para-hydroxylation sites is 1. The van der Waals surface area contributed by atoms with Gasteiger partial charge in [-0.3, -0.25) is 0 Å². The highest BCUT2D eigenvalue weighted by molar-refractivity contribution is 5.35. The number of hydrogen-bond acceptors (Lipinski definition) is 2. The van der Waals surface area contributed by atoms with Crippen LogP contribution in [-0.4, -0.2) is 13.2 Å². The number of ether oxygens (including phenoxy) is 1. The van der Waals surface area contributed by atoms with E-state index in [9.17, 15) is 0 Å². The Morgan fingerprint density at radius 3 is 2.63 bits per heavy atom. The summed E-state index contributed by atoms with van der Waals surface area (Å²) < 4.78 is 5.46. The number of benzene rings is 1. The second kappa shape index (κ2) is 6.42. The van der Waals surface area contributed by atoms with Crippen molar-refractivity contribution in [3.8, 4) is 5.75 Å². The number of hydrogen-bond donors (Lipinski definition) is 1. The molecule has 0 aromatic heterocycles. The molecule has 0 radical (unpaired) electrons. The summed E-state index contributed by atoms with van der Waals surface area (Å²) in [6, 6.07) is 9.29. The lowest BCUT2D eigenvalue weighted by molar-refractivity contribution is 0.215. The average Bonchev–Trinajstić information content (AvgIpc) is 2.41. The zero-order valence-electron chi connectivity index (χ0n) is 12.6. The van der Waals surface area contributed by atoms with Crippen LogP contribution < -0.4 is 10.1 Å². The van der Waals surface area contributed by atoms with E-state index in [4.69, 9.17) is 4.74 Å². The molecule has 0 heterocycles. The third-order valence-electron chi connectivity index (χ3n) is 4.50. The van der Waals surface area contributed by atoms with E-state index in [1.54, 1.807) is 7.11 Å². The van der Waals surface area contributed by atoms with Crippen LogP contribution >= 0.6 is 0 Å². The molecule has 1 N–H and O–H groups in total. The van der Waals surface area contributed by atoms with Gasteiger partial charge in [-0.1, -0.05) is 32.0 Å². The number of nitrogens with one attached hydrogen (secondary N) is 1. The smallest absolute Gasteiger partial charge is 0.123 e. The molecule has 1 aliphatic rings. The highest BCUT2D eigenvalue weighted by Gasteiger charge is 2.26. The Morgan fingerprint density at radius 1 is 1.21 bits per heavy atom. The van der Waals surface area contributed by atoms with Gasteiger partial charge in [0.25, 0.3) is 0 Å². The lowest BCUT2D eigenvalue weighted by atomic mass is 9.79. The van der Waals surface area contributed by atoms with Crippen LogP contribution in [-0.2, 0) is 0 Å². The fraction of sp³-hybridized carbons (Fsp3) is 0.647. The maximum atomic E-state index is 5.46. The average molecular weight is 261 g/mol. The minimum atomic E-state index is 0.344. The molecule has 0 spiro atoms. The van der Waals surface area contributed by atoms with Gasteiger partial charge in [-0.05, 0) is 44.1 Å². The van der Waals surface area contributed by atoms with E-state index in [2.05, 4.69) is 38.2 Å². The molecule has 3 unspecified atom stereocenters. The molecule has 19 heavy (non-hydrogen) atoms. The van der Waals surface area contributed by atoms with Gasteiger partial charge in [-0.25, -0.2) is 0 Å². The highest BCUT2D eigenvalue weighted by Crippen LogP contribution is 2.31. The first-order valence-corrected chi connectivity index (χ1v) is 7.50. The van der Waals surface area contributed by atoms with E-state index < -0.39 is 0 Å². The molecule has 106 valence electrons. The Hall–Kier alpha value is -1.02. The molecule has 2 heteroatoms. The number of methoxy groups -OCH3 is 1. The van der Waals surface area contributed by atoms with Gasteiger partial charge in [0.05, 0.1) is 7.11 Å². The minimum Gasteiger partial charge on any atom is -0.496 e. The van der Waals surface area contributed by atoms with E-state index in [1.807, 2.05) is 12.1 Å². The molecule has 4 atom stereocenters. The molecule has 1 saturated carbocycles. The summed E-state index contributed by atoms with van der Waals surface area (Å²) in [4.78, 5) is 0. The van der Waals surface area contributed by atoms with Crippen molar-refractivity contribution in [1.29, 1.82) is 0 Å². The second-order valence-corrected chi connectivity index (χ2v) is 6.13. The van der Waals surface area contributed by atoms with Crippen molar-refractivity contribution in [1.82, 2.24) is 5.32 Å². The van der Waals surface area contributed by atoms with Crippen LogP contribution in [0.25, 0.3) is 0 Å². The third-order valence-corrected chi connectivity index (χ3v) is 4.50. The lowest BCUT2D eigenvalue weighted by Gasteiger charge is -2.35. The van der Waals surface area contributed by atoms with E-state index in [1.165, 1.54) is 24.8 Å². The normalized spacial score (nSPS) is 28.9. The molecular weight excluding hydrogens is 234 g/mol. The van der Waals surface area contributed by atoms with E-state index in [0.29, 0.717) is 12.1 Å². The highest BCUT2D eigenvalue weighted by atomic mass is 16.5. The fourth-order valence-corrected chi connectivity index (χ4v) is 3.35. The van der Waals surface area contributed by atoms with Crippen LogP contribution in [0.1, 0.15) is 51.6 Å². The van der Waals surface area contributed by atoms with Crippen LogP contribution in [0.2, 0.25) is 0 Å². The topological polar surface area (TPSA) is 21.3 Å². The van der Waals surface area contributed by atoms with Crippen molar-refractivity contribution in [3.63, 3.8) is 0 Å². The Kier molecular flexibility index (Phi) is 4.87. The number of rotatable bonds is 4. The first-order chi connectivity index (χ1) is 9.11. The van der Waals surface area contributed by atoms with Crippen molar-refractivity contribution >= 4 is 0 Å². The molecule has 0 aliphatic heterocycles. The van der Waals surface area contributed by atoms with Crippen LogP contribution in [0.4, 0.5) is 0 Å². The van der Waals surface area contributed by atoms with Gasteiger partial charge in [0, 0.05) is 17.6 Å². The Labute approximate surface area is 117 Å². The predicted octanol–water partition coefficient (Wildman–Crippen LogP) is 4.17. The Bertz CT molecular complexity index is 404.